The normalized spacial score (nSPS) is 28.1. The average molecular weight is 414 g/mol. The Kier molecular flexibility index (Phi) is 5.57. The van der Waals surface area contributed by atoms with E-state index in [1.807, 2.05) is 42.1 Å². The van der Waals surface area contributed by atoms with Crippen LogP contribution in [0.2, 0.25) is 0 Å². The number of likely N-dealkylation sites (N-methyl/N-ethyl adjacent to an activating group) is 1. The van der Waals surface area contributed by atoms with Gasteiger partial charge in [0.15, 0.2) is 0 Å². The Balaban J connectivity index is 1.66. The summed E-state index contributed by atoms with van der Waals surface area (Å²) in [4.78, 5) is 45.1. The predicted molar refractivity (Wildman–Crippen MR) is 112 cm³/mol. The molecule has 2 heterocycles. The summed E-state index contributed by atoms with van der Waals surface area (Å²) in [7, 11) is 5.39. The van der Waals surface area contributed by atoms with Gasteiger partial charge in [-0.3, -0.25) is 19.3 Å². The maximum atomic E-state index is 13.6. The molecule has 4 rings (SSSR count). The standard InChI is InChI=1S/C23H31N3O4/c1-24(2)9-10-25-20(27)13-23(22(25)29,17-5-4-6-19(12-17)30-3)14-21(28)26-15-16-7-8-18(26)11-16/h4-6,12,16,18H,7-11,13-15H2,1-3H3/t16-,18-,23+/m0/s1. The number of imide groups is 1. The van der Waals surface area contributed by atoms with Crippen LogP contribution in [0.1, 0.15) is 37.7 Å². The van der Waals surface area contributed by atoms with Gasteiger partial charge < -0.3 is 14.5 Å². The van der Waals surface area contributed by atoms with Crippen LogP contribution in [0.25, 0.3) is 0 Å². The highest BCUT2D eigenvalue weighted by Crippen LogP contribution is 2.43. The van der Waals surface area contributed by atoms with E-state index in [-0.39, 0.29) is 30.6 Å². The van der Waals surface area contributed by atoms with E-state index in [2.05, 4.69) is 0 Å². The van der Waals surface area contributed by atoms with Crippen LogP contribution in [0.3, 0.4) is 0 Å². The first kappa shape index (κ1) is 20.8. The van der Waals surface area contributed by atoms with Gasteiger partial charge in [-0.05, 0) is 57.0 Å². The third-order valence-corrected chi connectivity index (χ3v) is 6.98. The summed E-state index contributed by atoms with van der Waals surface area (Å²) in [5, 5.41) is 0. The van der Waals surface area contributed by atoms with Crippen molar-refractivity contribution in [3.63, 3.8) is 0 Å². The van der Waals surface area contributed by atoms with E-state index in [1.54, 1.807) is 13.2 Å². The number of methoxy groups -OCH3 is 1. The maximum Gasteiger partial charge on any atom is 0.240 e. The molecule has 0 spiro atoms. The molecule has 1 saturated carbocycles. The second kappa shape index (κ2) is 8.02. The van der Waals surface area contributed by atoms with Gasteiger partial charge in [0.2, 0.25) is 17.7 Å². The van der Waals surface area contributed by atoms with E-state index in [0.29, 0.717) is 36.4 Å². The Morgan fingerprint density at radius 2 is 2.07 bits per heavy atom. The van der Waals surface area contributed by atoms with Gasteiger partial charge in [0.1, 0.15) is 5.75 Å². The number of ether oxygens (including phenoxy) is 1. The minimum absolute atomic E-state index is 0.0133. The zero-order valence-corrected chi connectivity index (χ0v) is 18.1. The molecule has 1 aromatic carbocycles. The molecule has 3 amide bonds. The van der Waals surface area contributed by atoms with Crippen LogP contribution in [0, 0.1) is 5.92 Å². The monoisotopic (exact) mass is 413 g/mol. The van der Waals surface area contributed by atoms with E-state index in [9.17, 15) is 14.4 Å². The first-order valence-electron chi connectivity index (χ1n) is 10.8. The smallest absolute Gasteiger partial charge is 0.240 e. The Labute approximate surface area is 177 Å². The molecule has 3 aliphatic rings. The first-order valence-corrected chi connectivity index (χ1v) is 10.8. The number of hydrogen-bond donors (Lipinski definition) is 0. The lowest BCUT2D eigenvalue weighted by Crippen LogP contribution is -2.46. The molecular weight excluding hydrogens is 382 g/mol. The molecule has 0 aromatic heterocycles. The van der Waals surface area contributed by atoms with Crippen molar-refractivity contribution < 1.29 is 19.1 Å². The van der Waals surface area contributed by atoms with Crippen molar-refractivity contribution >= 4 is 17.7 Å². The Bertz CT molecular complexity index is 855. The van der Waals surface area contributed by atoms with Gasteiger partial charge in [0.05, 0.1) is 12.5 Å². The number of likely N-dealkylation sites (tertiary alicyclic amines) is 2. The van der Waals surface area contributed by atoms with Crippen LogP contribution in [0.4, 0.5) is 0 Å². The molecule has 2 saturated heterocycles. The Morgan fingerprint density at radius 3 is 2.70 bits per heavy atom. The molecule has 0 unspecified atom stereocenters. The number of carbonyl (C=O) groups excluding carboxylic acids is 3. The summed E-state index contributed by atoms with van der Waals surface area (Å²) in [6, 6.07) is 7.56. The molecule has 7 heteroatoms. The third kappa shape index (κ3) is 3.60. The number of piperidine rings is 1. The van der Waals surface area contributed by atoms with Crippen LogP contribution >= 0.6 is 0 Å². The minimum atomic E-state index is -1.16. The van der Waals surface area contributed by atoms with Crippen molar-refractivity contribution in [1.82, 2.24) is 14.7 Å². The molecule has 2 bridgehead atoms. The van der Waals surface area contributed by atoms with E-state index in [4.69, 9.17) is 4.74 Å². The van der Waals surface area contributed by atoms with Crippen molar-refractivity contribution in [2.75, 3.05) is 40.8 Å². The number of rotatable bonds is 7. The maximum absolute atomic E-state index is 13.6. The zero-order valence-electron chi connectivity index (χ0n) is 18.1. The molecule has 162 valence electrons. The van der Waals surface area contributed by atoms with Crippen molar-refractivity contribution in [2.24, 2.45) is 5.92 Å². The van der Waals surface area contributed by atoms with Crippen LogP contribution in [-0.4, -0.2) is 79.3 Å². The number of amides is 3. The number of fused-ring (bicyclic) bond motifs is 2. The molecule has 1 aliphatic carbocycles. The lowest BCUT2D eigenvalue weighted by molar-refractivity contribution is -0.143. The molecule has 7 nitrogen and oxygen atoms in total. The molecule has 1 aromatic rings. The number of hydrogen-bond acceptors (Lipinski definition) is 5. The van der Waals surface area contributed by atoms with Gasteiger partial charge in [-0.25, -0.2) is 0 Å². The lowest BCUT2D eigenvalue weighted by atomic mass is 9.75. The molecule has 3 atom stereocenters. The first-order chi connectivity index (χ1) is 14.3. The Hall–Kier alpha value is -2.41. The third-order valence-electron chi connectivity index (χ3n) is 6.98. The van der Waals surface area contributed by atoms with Crippen LogP contribution < -0.4 is 4.74 Å². The zero-order chi connectivity index (χ0) is 21.5. The summed E-state index contributed by atoms with van der Waals surface area (Å²) >= 11 is 0. The second-order valence-electron chi connectivity index (χ2n) is 9.20. The Morgan fingerprint density at radius 1 is 1.27 bits per heavy atom. The number of carbonyl (C=O) groups is 3. The van der Waals surface area contributed by atoms with Crippen LogP contribution in [0.5, 0.6) is 5.75 Å². The predicted octanol–water partition coefficient (Wildman–Crippen LogP) is 1.65. The van der Waals surface area contributed by atoms with Gasteiger partial charge in [-0.1, -0.05) is 12.1 Å². The largest absolute Gasteiger partial charge is 0.497 e. The van der Waals surface area contributed by atoms with Crippen molar-refractivity contribution in [3.05, 3.63) is 29.8 Å². The van der Waals surface area contributed by atoms with Gasteiger partial charge >= 0.3 is 0 Å². The van der Waals surface area contributed by atoms with Crippen molar-refractivity contribution in [1.29, 1.82) is 0 Å². The van der Waals surface area contributed by atoms with Crippen LogP contribution in [0.15, 0.2) is 24.3 Å². The van der Waals surface area contributed by atoms with Crippen LogP contribution in [-0.2, 0) is 19.8 Å². The lowest BCUT2D eigenvalue weighted by Gasteiger charge is -2.33. The fourth-order valence-corrected chi connectivity index (χ4v) is 5.30. The number of nitrogens with zero attached hydrogens (tertiary/aromatic N) is 3. The average Bonchev–Trinajstić information content (AvgIpc) is 3.41. The quantitative estimate of drug-likeness (QED) is 0.636. The van der Waals surface area contributed by atoms with Crippen molar-refractivity contribution in [2.45, 2.75) is 43.6 Å². The summed E-state index contributed by atoms with van der Waals surface area (Å²) in [6.45, 7) is 1.71. The van der Waals surface area contributed by atoms with E-state index in [1.165, 1.54) is 11.3 Å². The molecule has 0 radical (unpaired) electrons. The highest BCUT2D eigenvalue weighted by molar-refractivity contribution is 6.10. The summed E-state index contributed by atoms with van der Waals surface area (Å²) in [5.74, 6) is 0.720. The van der Waals surface area contributed by atoms with Gasteiger partial charge in [0.25, 0.3) is 0 Å². The van der Waals surface area contributed by atoms with E-state index < -0.39 is 5.41 Å². The minimum Gasteiger partial charge on any atom is -0.497 e. The molecule has 30 heavy (non-hydrogen) atoms. The molecule has 2 aliphatic heterocycles. The van der Waals surface area contributed by atoms with Crippen molar-refractivity contribution in [3.8, 4) is 5.75 Å². The summed E-state index contributed by atoms with van der Waals surface area (Å²) in [6.07, 6.45) is 3.36. The second-order valence-corrected chi connectivity index (χ2v) is 9.20. The fraction of sp³-hybridized carbons (Fsp3) is 0.609. The van der Waals surface area contributed by atoms with Gasteiger partial charge in [0, 0.05) is 38.5 Å². The number of benzene rings is 1. The summed E-state index contributed by atoms with van der Waals surface area (Å²) in [5.41, 5.74) is -0.470. The van der Waals surface area contributed by atoms with Gasteiger partial charge in [-0.2, -0.15) is 0 Å². The highest BCUT2D eigenvalue weighted by atomic mass is 16.5. The van der Waals surface area contributed by atoms with Gasteiger partial charge in [-0.15, -0.1) is 0 Å². The molecule has 3 fully saturated rings. The highest BCUT2D eigenvalue weighted by Gasteiger charge is 2.55. The fourth-order valence-electron chi connectivity index (χ4n) is 5.30. The molecular formula is C23H31N3O4. The van der Waals surface area contributed by atoms with E-state index >= 15 is 0 Å². The SMILES string of the molecule is COc1cccc([C@]2(CC(=O)N3C[C@H]4CC[C@H]3C4)CC(=O)N(CCN(C)C)C2=O)c1. The summed E-state index contributed by atoms with van der Waals surface area (Å²) < 4.78 is 5.36. The molecule has 0 N–H and O–H groups in total. The van der Waals surface area contributed by atoms with E-state index in [0.717, 1.165) is 19.4 Å². The topological polar surface area (TPSA) is 70.2 Å².